The molecule has 2 amide bonds. The van der Waals surface area contributed by atoms with E-state index in [2.05, 4.69) is 4.72 Å². The summed E-state index contributed by atoms with van der Waals surface area (Å²) in [6.45, 7) is 1.87. The first-order valence-electron chi connectivity index (χ1n) is 13.9. The number of hydrogen-bond acceptors (Lipinski definition) is 5. The van der Waals surface area contributed by atoms with Crippen LogP contribution in [0.15, 0.2) is 72.8 Å². The summed E-state index contributed by atoms with van der Waals surface area (Å²) in [6.07, 6.45) is 0.0397. The minimum atomic E-state index is -3.87. The summed E-state index contributed by atoms with van der Waals surface area (Å²) in [6, 6.07) is 17.8. The molecule has 1 heterocycles. The van der Waals surface area contributed by atoms with Crippen molar-refractivity contribution in [3.05, 3.63) is 105 Å². The van der Waals surface area contributed by atoms with Gasteiger partial charge >= 0.3 is 0 Å². The first-order valence-corrected chi connectivity index (χ1v) is 16.2. The standard InChI is InChI=1S/C31H31Cl2FN2O5S/c1-2-3-26(30(37)35-42(39,40)25-16-17-25)36-28(20-6-10-22(32)11-7-20)29(21-8-12-23(33)13-9-21)41-27(31(36)38)18-19-4-14-24(34)15-5-19/h4-15,25-29H,2-3,16-18H2,1H3,(H,35,37)/t26-,27+,28-,29+/m0/s1. The third-order valence-electron chi connectivity index (χ3n) is 7.58. The third-order valence-corrected chi connectivity index (χ3v) is 9.92. The van der Waals surface area contributed by atoms with Crippen LogP contribution in [-0.2, 0) is 30.8 Å². The van der Waals surface area contributed by atoms with E-state index in [1.165, 1.54) is 17.0 Å². The second-order valence-electron chi connectivity index (χ2n) is 10.7. The molecule has 1 N–H and O–H groups in total. The molecule has 2 fully saturated rings. The second kappa shape index (κ2) is 12.7. The summed E-state index contributed by atoms with van der Waals surface area (Å²) in [5, 5.41) is 0.398. The van der Waals surface area contributed by atoms with Crippen molar-refractivity contribution in [3.63, 3.8) is 0 Å². The van der Waals surface area contributed by atoms with Gasteiger partial charge in [-0.25, -0.2) is 12.8 Å². The van der Waals surface area contributed by atoms with Crippen LogP contribution in [0.3, 0.4) is 0 Å². The summed E-state index contributed by atoms with van der Waals surface area (Å²) in [7, 11) is -3.87. The van der Waals surface area contributed by atoms with Crippen molar-refractivity contribution in [2.75, 3.05) is 0 Å². The van der Waals surface area contributed by atoms with E-state index < -0.39 is 57.2 Å². The molecule has 0 radical (unpaired) electrons. The van der Waals surface area contributed by atoms with Crippen LogP contribution in [0.25, 0.3) is 0 Å². The number of amides is 2. The summed E-state index contributed by atoms with van der Waals surface area (Å²) in [5.74, 6) is -1.63. The number of nitrogens with one attached hydrogen (secondary N) is 1. The average Bonchev–Trinajstić information content (AvgIpc) is 3.82. The van der Waals surface area contributed by atoms with Gasteiger partial charge in [-0.2, -0.15) is 0 Å². The summed E-state index contributed by atoms with van der Waals surface area (Å²) in [4.78, 5) is 29.6. The number of sulfonamides is 1. The monoisotopic (exact) mass is 632 g/mol. The van der Waals surface area contributed by atoms with Crippen molar-refractivity contribution in [2.45, 2.75) is 68.6 Å². The molecule has 0 spiro atoms. The molecule has 3 aromatic rings. The Kier molecular flexibility index (Phi) is 9.23. The van der Waals surface area contributed by atoms with E-state index in [1.807, 2.05) is 6.92 Å². The highest BCUT2D eigenvalue weighted by atomic mass is 35.5. The Hall–Kier alpha value is -2.98. The van der Waals surface area contributed by atoms with E-state index in [1.54, 1.807) is 60.7 Å². The summed E-state index contributed by atoms with van der Waals surface area (Å²) < 4.78 is 48.0. The molecule has 1 saturated carbocycles. The molecule has 7 nitrogen and oxygen atoms in total. The highest BCUT2D eigenvalue weighted by molar-refractivity contribution is 7.90. The van der Waals surface area contributed by atoms with Gasteiger partial charge in [0, 0.05) is 16.5 Å². The number of rotatable bonds is 10. The van der Waals surface area contributed by atoms with E-state index in [4.69, 9.17) is 27.9 Å². The van der Waals surface area contributed by atoms with Gasteiger partial charge < -0.3 is 9.64 Å². The van der Waals surface area contributed by atoms with E-state index in [0.29, 0.717) is 46.0 Å². The molecule has 1 aliphatic heterocycles. The number of nitrogens with zero attached hydrogens (tertiary/aromatic N) is 1. The van der Waals surface area contributed by atoms with Gasteiger partial charge in [-0.05, 0) is 72.4 Å². The van der Waals surface area contributed by atoms with Crippen molar-refractivity contribution in [1.82, 2.24) is 9.62 Å². The van der Waals surface area contributed by atoms with Crippen LogP contribution < -0.4 is 4.72 Å². The number of halogens is 3. The quantitative estimate of drug-likeness (QED) is 0.289. The average molecular weight is 634 g/mol. The predicted molar refractivity (Wildman–Crippen MR) is 159 cm³/mol. The van der Waals surface area contributed by atoms with E-state index in [9.17, 15) is 22.4 Å². The fraction of sp³-hybridized carbons (Fsp3) is 0.355. The first-order chi connectivity index (χ1) is 20.1. The molecule has 42 heavy (non-hydrogen) atoms. The van der Waals surface area contributed by atoms with Crippen molar-refractivity contribution >= 4 is 45.0 Å². The van der Waals surface area contributed by atoms with Gasteiger partial charge in [0.1, 0.15) is 24.1 Å². The third kappa shape index (κ3) is 6.80. The lowest BCUT2D eigenvalue weighted by atomic mass is 9.88. The Morgan fingerprint density at radius 1 is 0.976 bits per heavy atom. The first kappa shape index (κ1) is 30.5. The van der Waals surface area contributed by atoms with Gasteiger partial charge in [-0.3, -0.25) is 14.3 Å². The molecule has 11 heteroatoms. The maximum absolute atomic E-state index is 14.4. The molecule has 1 saturated heterocycles. The second-order valence-corrected chi connectivity index (χ2v) is 13.5. The van der Waals surface area contributed by atoms with Gasteiger partial charge in [-0.15, -0.1) is 0 Å². The zero-order chi connectivity index (χ0) is 30.0. The molecule has 4 atom stereocenters. The molecule has 1 aliphatic carbocycles. The van der Waals surface area contributed by atoms with E-state index >= 15 is 0 Å². The van der Waals surface area contributed by atoms with Crippen LogP contribution in [0.4, 0.5) is 4.39 Å². The SMILES string of the molecule is CCC[C@@H](C(=O)NS(=O)(=O)C1CC1)N1C(=O)[C@@H](Cc2ccc(F)cc2)O[C@H](c2ccc(Cl)cc2)[C@@H]1c1ccc(Cl)cc1. The minimum absolute atomic E-state index is 0.119. The Morgan fingerprint density at radius 2 is 1.55 bits per heavy atom. The highest BCUT2D eigenvalue weighted by Crippen LogP contribution is 2.44. The van der Waals surface area contributed by atoms with Crippen LogP contribution in [0.2, 0.25) is 10.0 Å². The molecule has 222 valence electrons. The van der Waals surface area contributed by atoms with E-state index in [-0.39, 0.29) is 12.8 Å². The van der Waals surface area contributed by atoms with Gasteiger partial charge in [0.25, 0.3) is 11.8 Å². The number of hydrogen-bond donors (Lipinski definition) is 1. The zero-order valence-corrected chi connectivity index (χ0v) is 25.2. The molecule has 0 unspecified atom stereocenters. The molecule has 5 rings (SSSR count). The minimum Gasteiger partial charge on any atom is -0.358 e. The van der Waals surface area contributed by atoms with Crippen molar-refractivity contribution in [3.8, 4) is 0 Å². The van der Waals surface area contributed by atoms with E-state index in [0.717, 1.165) is 0 Å². The van der Waals surface area contributed by atoms with Gasteiger partial charge in [0.15, 0.2) is 0 Å². The zero-order valence-electron chi connectivity index (χ0n) is 22.9. The molecule has 0 bridgehead atoms. The highest BCUT2D eigenvalue weighted by Gasteiger charge is 2.49. The Bertz CT molecular complexity index is 1530. The Labute approximate surface area is 255 Å². The maximum atomic E-state index is 14.4. The largest absolute Gasteiger partial charge is 0.358 e. The van der Waals surface area contributed by atoms with Crippen LogP contribution in [0, 0.1) is 5.82 Å². The number of carbonyl (C=O) groups is 2. The van der Waals surface area contributed by atoms with Crippen molar-refractivity contribution in [2.24, 2.45) is 0 Å². The lowest BCUT2D eigenvalue weighted by Gasteiger charge is -2.47. The van der Waals surface area contributed by atoms with Gasteiger partial charge in [-0.1, -0.05) is 72.9 Å². The van der Waals surface area contributed by atoms with Crippen LogP contribution in [-0.4, -0.2) is 42.5 Å². The fourth-order valence-electron chi connectivity index (χ4n) is 5.32. The normalized spacial score (nSPS) is 21.7. The van der Waals surface area contributed by atoms with Gasteiger partial charge in [0.2, 0.25) is 10.0 Å². The van der Waals surface area contributed by atoms with Crippen LogP contribution in [0.1, 0.15) is 61.4 Å². The molecular formula is C31H31Cl2FN2O5S. The topological polar surface area (TPSA) is 92.8 Å². The molecular weight excluding hydrogens is 602 g/mol. The number of benzene rings is 3. The molecule has 0 aromatic heterocycles. The smallest absolute Gasteiger partial charge is 0.256 e. The summed E-state index contributed by atoms with van der Waals surface area (Å²) in [5.41, 5.74) is 2.04. The fourth-order valence-corrected chi connectivity index (χ4v) is 6.92. The Balaban J connectivity index is 1.62. The predicted octanol–water partition coefficient (Wildman–Crippen LogP) is 6.16. The summed E-state index contributed by atoms with van der Waals surface area (Å²) >= 11 is 12.4. The van der Waals surface area contributed by atoms with Crippen molar-refractivity contribution in [1.29, 1.82) is 0 Å². The number of morpholine rings is 1. The molecule has 2 aliphatic rings. The van der Waals surface area contributed by atoms with Crippen molar-refractivity contribution < 1.29 is 27.1 Å². The number of ether oxygens (including phenoxy) is 1. The van der Waals surface area contributed by atoms with Gasteiger partial charge in [0.05, 0.1) is 11.3 Å². The number of carbonyl (C=O) groups excluding carboxylic acids is 2. The van der Waals surface area contributed by atoms with Crippen LogP contribution >= 0.6 is 23.2 Å². The van der Waals surface area contributed by atoms with Crippen LogP contribution in [0.5, 0.6) is 0 Å². The lowest BCUT2D eigenvalue weighted by molar-refractivity contribution is -0.181. The lowest BCUT2D eigenvalue weighted by Crippen LogP contribution is -2.59. The Morgan fingerprint density at radius 3 is 2.10 bits per heavy atom. The maximum Gasteiger partial charge on any atom is 0.256 e. The molecule has 3 aromatic carbocycles.